The lowest BCUT2D eigenvalue weighted by atomic mass is 10.1. The van der Waals surface area contributed by atoms with E-state index in [9.17, 15) is 9.90 Å². The fourth-order valence-corrected chi connectivity index (χ4v) is 4.82. The number of fused-ring (bicyclic) bond motifs is 1. The highest BCUT2D eigenvalue weighted by molar-refractivity contribution is 7.17. The van der Waals surface area contributed by atoms with Crippen LogP contribution in [0.2, 0.25) is 0 Å². The Morgan fingerprint density at radius 2 is 2.17 bits per heavy atom. The first-order chi connectivity index (χ1) is 11.7. The molecular weight excluding hydrogens is 342 g/mol. The van der Waals surface area contributed by atoms with Crippen molar-refractivity contribution in [2.24, 2.45) is 0 Å². The Balaban J connectivity index is 1.84. The number of rotatable bonds is 4. The van der Waals surface area contributed by atoms with E-state index in [-0.39, 0.29) is 18.4 Å². The molecule has 24 heavy (non-hydrogen) atoms. The molecule has 4 heterocycles. The topological polar surface area (TPSA) is 66.3 Å². The van der Waals surface area contributed by atoms with Crippen molar-refractivity contribution in [3.63, 3.8) is 0 Å². The molecule has 0 saturated carbocycles. The molecule has 5 nitrogen and oxygen atoms in total. The Morgan fingerprint density at radius 1 is 1.33 bits per heavy atom. The minimum atomic E-state index is -0.0432. The van der Waals surface area contributed by atoms with Crippen LogP contribution in [-0.4, -0.2) is 40.1 Å². The second-order valence-electron chi connectivity index (χ2n) is 5.94. The molecule has 1 atom stereocenters. The summed E-state index contributed by atoms with van der Waals surface area (Å²) in [6.07, 6.45) is 1.93. The van der Waals surface area contributed by atoms with E-state index in [0.717, 1.165) is 40.0 Å². The summed E-state index contributed by atoms with van der Waals surface area (Å²) in [5.74, 6) is 0.508. The van der Waals surface area contributed by atoms with Gasteiger partial charge in [-0.25, -0.2) is 9.97 Å². The van der Waals surface area contributed by atoms with Crippen LogP contribution in [0.4, 0.5) is 5.95 Å². The molecule has 3 aromatic rings. The molecule has 1 fully saturated rings. The number of hydrogen-bond donors (Lipinski definition) is 1. The van der Waals surface area contributed by atoms with Crippen LogP contribution in [0.5, 0.6) is 0 Å². The van der Waals surface area contributed by atoms with Crippen molar-refractivity contribution < 1.29 is 9.90 Å². The van der Waals surface area contributed by atoms with Gasteiger partial charge in [-0.2, -0.15) is 0 Å². The van der Waals surface area contributed by atoms with E-state index in [1.807, 2.05) is 34.7 Å². The van der Waals surface area contributed by atoms with E-state index in [1.165, 1.54) is 22.7 Å². The third-order valence-electron chi connectivity index (χ3n) is 4.42. The molecule has 0 aliphatic carbocycles. The Morgan fingerprint density at radius 3 is 2.92 bits per heavy atom. The lowest BCUT2D eigenvalue weighted by molar-refractivity contribution is 0.103. The van der Waals surface area contributed by atoms with Gasteiger partial charge in [-0.05, 0) is 48.2 Å². The Kier molecular flexibility index (Phi) is 4.07. The van der Waals surface area contributed by atoms with Crippen LogP contribution in [0, 0.1) is 6.92 Å². The number of thiophene rings is 2. The summed E-state index contributed by atoms with van der Waals surface area (Å²) < 4.78 is 0.830. The van der Waals surface area contributed by atoms with E-state index in [1.54, 1.807) is 0 Å². The van der Waals surface area contributed by atoms with Crippen molar-refractivity contribution in [3.8, 4) is 0 Å². The highest BCUT2D eigenvalue weighted by atomic mass is 32.1. The molecule has 0 radical (unpaired) electrons. The Bertz CT molecular complexity index is 902. The maximum Gasteiger partial charge on any atom is 0.226 e. The van der Waals surface area contributed by atoms with Gasteiger partial charge in [0.15, 0.2) is 0 Å². The van der Waals surface area contributed by atoms with Gasteiger partial charge in [-0.1, -0.05) is 0 Å². The number of aliphatic hydroxyl groups is 1. The van der Waals surface area contributed by atoms with Crippen molar-refractivity contribution >= 4 is 44.6 Å². The average Bonchev–Trinajstić information content (AvgIpc) is 3.32. The second kappa shape index (κ2) is 6.23. The highest BCUT2D eigenvalue weighted by Crippen LogP contribution is 2.30. The molecule has 0 amide bonds. The summed E-state index contributed by atoms with van der Waals surface area (Å²) >= 11 is 2.94. The van der Waals surface area contributed by atoms with Gasteiger partial charge in [0, 0.05) is 6.54 Å². The first-order valence-electron chi connectivity index (χ1n) is 7.90. The first-order valence-corrected chi connectivity index (χ1v) is 9.66. The lowest BCUT2D eigenvalue weighted by Gasteiger charge is -2.23. The van der Waals surface area contributed by atoms with Crippen molar-refractivity contribution in [1.29, 1.82) is 0 Å². The highest BCUT2D eigenvalue weighted by Gasteiger charge is 2.28. The molecule has 0 aromatic carbocycles. The third-order valence-corrected chi connectivity index (χ3v) is 6.35. The van der Waals surface area contributed by atoms with Crippen LogP contribution in [0.1, 0.15) is 33.8 Å². The summed E-state index contributed by atoms with van der Waals surface area (Å²) in [5, 5.41) is 13.4. The van der Waals surface area contributed by atoms with Gasteiger partial charge in [0.1, 0.15) is 5.69 Å². The number of aromatic nitrogens is 2. The SMILES string of the molecule is Cc1ccsc1C(=O)c1nc(N2CCCC2CO)nc2ccsc12. The van der Waals surface area contributed by atoms with Crippen LogP contribution < -0.4 is 4.90 Å². The minimum Gasteiger partial charge on any atom is -0.394 e. The molecule has 124 valence electrons. The number of ketones is 1. The van der Waals surface area contributed by atoms with Gasteiger partial charge < -0.3 is 10.0 Å². The molecule has 1 unspecified atom stereocenters. The normalized spacial score (nSPS) is 17.8. The number of anilines is 1. The zero-order chi connectivity index (χ0) is 16.7. The van der Waals surface area contributed by atoms with Gasteiger partial charge >= 0.3 is 0 Å². The smallest absolute Gasteiger partial charge is 0.226 e. The second-order valence-corrected chi connectivity index (χ2v) is 7.77. The van der Waals surface area contributed by atoms with E-state index < -0.39 is 0 Å². The number of carbonyl (C=O) groups is 1. The Labute approximate surface area is 147 Å². The molecule has 3 aromatic heterocycles. The summed E-state index contributed by atoms with van der Waals surface area (Å²) in [6.45, 7) is 2.84. The van der Waals surface area contributed by atoms with Crippen LogP contribution in [0.25, 0.3) is 10.2 Å². The first kappa shape index (κ1) is 15.7. The van der Waals surface area contributed by atoms with Gasteiger partial charge in [0.25, 0.3) is 0 Å². The lowest BCUT2D eigenvalue weighted by Crippen LogP contribution is -2.33. The summed E-state index contributed by atoms with van der Waals surface area (Å²) in [7, 11) is 0. The fraction of sp³-hybridized carbons (Fsp3) is 0.353. The van der Waals surface area contributed by atoms with Crippen LogP contribution >= 0.6 is 22.7 Å². The molecule has 1 aliphatic rings. The number of carbonyl (C=O) groups excluding carboxylic acids is 1. The van der Waals surface area contributed by atoms with Gasteiger partial charge in [-0.15, -0.1) is 22.7 Å². The number of hydrogen-bond acceptors (Lipinski definition) is 7. The zero-order valence-electron chi connectivity index (χ0n) is 13.2. The molecule has 1 N–H and O–H groups in total. The maximum absolute atomic E-state index is 13.0. The molecule has 7 heteroatoms. The van der Waals surface area contributed by atoms with Gasteiger partial charge in [0.05, 0.1) is 27.7 Å². The maximum atomic E-state index is 13.0. The largest absolute Gasteiger partial charge is 0.394 e. The number of aryl methyl sites for hydroxylation is 1. The minimum absolute atomic E-state index is 0.0347. The number of nitrogens with zero attached hydrogens (tertiary/aromatic N) is 3. The molecule has 1 saturated heterocycles. The van der Waals surface area contributed by atoms with Gasteiger partial charge in [-0.3, -0.25) is 4.79 Å². The number of aliphatic hydroxyl groups excluding tert-OH is 1. The monoisotopic (exact) mass is 359 g/mol. The van der Waals surface area contributed by atoms with E-state index in [2.05, 4.69) is 9.97 Å². The van der Waals surface area contributed by atoms with E-state index >= 15 is 0 Å². The summed E-state index contributed by atoms with van der Waals surface area (Å²) in [5.41, 5.74) is 2.24. The molecule has 4 rings (SSSR count). The third kappa shape index (κ3) is 2.53. The van der Waals surface area contributed by atoms with Crippen molar-refractivity contribution in [2.75, 3.05) is 18.1 Å². The van der Waals surface area contributed by atoms with E-state index in [0.29, 0.717) is 11.6 Å². The predicted molar refractivity (Wildman–Crippen MR) is 97.4 cm³/mol. The summed E-state index contributed by atoms with van der Waals surface area (Å²) in [6, 6.07) is 3.91. The van der Waals surface area contributed by atoms with E-state index in [4.69, 9.17) is 0 Å². The molecule has 0 bridgehead atoms. The molecule has 1 aliphatic heterocycles. The molecule has 0 spiro atoms. The average molecular weight is 359 g/mol. The van der Waals surface area contributed by atoms with Crippen LogP contribution in [-0.2, 0) is 0 Å². The predicted octanol–water partition coefficient (Wildman–Crippen LogP) is 3.25. The molecular formula is C17H17N3O2S2. The Hall–Kier alpha value is -1.83. The van der Waals surface area contributed by atoms with Crippen molar-refractivity contribution in [2.45, 2.75) is 25.8 Å². The fourth-order valence-electron chi connectivity index (χ4n) is 3.14. The quantitative estimate of drug-likeness (QED) is 0.724. The van der Waals surface area contributed by atoms with Crippen LogP contribution in [0.15, 0.2) is 22.9 Å². The zero-order valence-corrected chi connectivity index (χ0v) is 14.9. The van der Waals surface area contributed by atoms with Crippen LogP contribution in [0.3, 0.4) is 0 Å². The standard InChI is InChI=1S/C17H17N3O2S2/c1-10-4-7-23-15(10)14(22)13-16-12(5-8-24-16)18-17(19-13)20-6-2-3-11(20)9-21/h4-5,7-8,11,21H,2-3,6,9H2,1H3. The summed E-state index contributed by atoms with van der Waals surface area (Å²) in [4.78, 5) is 25.0. The van der Waals surface area contributed by atoms with Crippen molar-refractivity contribution in [3.05, 3.63) is 39.0 Å². The van der Waals surface area contributed by atoms with Gasteiger partial charge in [0.2, 0.25) is 11.7 Å². The van der Waals surface area contributed by atoms with Crippen molar-refractivity contribution in [1.82, 2.24) is 9.97 Å².